The Hall–Kier alpha value is -2.52. The van der Waals surface area contributed by atoms with Gasteiger partial charge in [-0.25, -0.2) is 0 Å². The van der Waals surface area contributed by atoms with Gasteiger partial charge in [0.2, 0.25) is 0 Å². The maximum atomic E-state index is 11.9. The molecule has 3 rings (SSSR count). The summed E-state index contributed by atoms with van der Waals surface area (Å²) in [6.45, 7) is 3.59. The Balaban J connectivity index is 2.11. The highest BCUT2D eigenvalue weighted by Crippen LogP contribution is 2.49. The molecule has 2 aromatic rings. The summed E-state index contributed by atoms with van der Waals surface area (Å²) < 4.78 is 11.1. The van der Waals surface area contributed by atoms with Crippen molar-refractivity contribution in [1.82, 2.24) is 9.88 Å². The fraction of sp³-hybridized carbons (Fsp3) is 0.565. The van der Waals surface area contributed by atoms with Crippen LogP contribution in [0, 0.1) is 16.9 Å². The Labute approximate surface area is 172 Å². The molecule has 2 atom stereocenters. The zero-order valence-corrected chi connectivity index (χ0v) is 17.7. The molecule has 0 unspecified atom stereocenters. The van der Waals surface area contributed by atoms with E-state index in [2.05, 4.69) is 30.2 Å². The summed E-state index contributed by atoms with van der Waals surface area (Å²) in [6.07, 6.45) is 6.67. The zero-order chi connectivity index (χ0) is 20.9. The van der Waals surface area contributed by atoms with E-state index >= 15 is 0 Å². The standard InChI is InChI=1S/C23H31N3O3/c1-4-23(13-10-20(27)28-2)12-7-14-26(16-24)15-11-18-17-8-5-6-9-19(17)25-21(18)22(23)29-3/h5-6,8-9,22,25H,4,7,10-15H2,1-3H3/t22-,23-/m0/s1. The van der Waals surface area contributed by atoms with Crippen molar-refractivity contribution in [3.8, 4) is 6.19 Å². The Morgan fingerprint density at radius 1 is 1.34 bits per heavy atom. The van der Waals surface area contributed by atoms with E-state index in [0.717, 1.165) is 43.4 Å². The molecule has 0 saturated carbocycles. The molecule has 6 nitrogen and oxygen atoms in total. The van der Waals surface area contributed by atoms with Crippen LogP contribution in [0.15, 0.2) is 24.3 Å². The largest absolute Gasteiger partial charge is 0.469 e. The third-order valence-electron chi connectivity index (χ3n) is 6.54. The molecule has 1 aliphatic heterocycles. The van der Waals surface area contributed by atoms with Crippen molar-refractivity contribution >= 4 is 16.9 Å². The number of hydrogen-bond acceptors (Lipinski definition) is 5. The molecule has 1 N–H and O–H groups in total. The van der Waals surface area contributed by atoms with Gasteiger partial charge in [-0.05, 0) is 43.7 Å². The minimum atomic E-state index is -0.211. The number of benzene rings is 1. The quantitative estimate of drug-likeness (QED) is 0.600. The molecule has 0 spiro atoms. The lowest BCUT2D eigenvalue weighted by atomic mass is 9.70. The van der Waals surface area contributed by atoms with Crippen molar-refractivity contribution in [1.29, 1.82) is 5.26 Å². The van der Waals surface area contributed by atoms with Crippen LogP contribution in [0.4, 0.5) is 0 Å². The van der Waals surface area contributed by atoms with Gasteiger partial charge in [0.1, 0.15) is 6.10 Å². The van der Waals surface area contributed by atoms with E-state index in [4.69, 9.17) is 9.47 Å². The average molecular weight is 398 g/mol. The van der Waals surface area contributed by atoms with Gasteiger partial charge in [0.25, 0.3) is 0 Å². The number of nitrogens with zero attached hydrogens (tertiary/aromatic N) is 2. The number of ether oxygens (including phenoxy) is 2. The normalized spacial score (nSPS) is 22.7. The van der Waals surface area contributed by atoms with Crippen molar-refractivity contribution in [3.05, 3.63) is 35.5 Å². The van der Waals surface area contributed by atoms with Crippen LogP contribution in [0.1, 0.15) is 56.4 Å². The molecule has 1 aliphatic rings. The molecular formula is C23H31N3O3. The Bertz CT molecular complexity index is 885. The van der Waals surface area contributed by atoms with Crippen LogP contribution in [-0.2, 0) is 20.7 Å². The number of nitriles is 1. The first-order valence-corrected chi connectivity index (χ1v) is 10.4. The fourth-order valence-electron chi connectivity index (χ4n) is 4.85. The van der Waals surface area contributed by atoms with Crippen molar-refractivity contribution in [3.63, 3.8) is 0 Å². The SMILES string of the molecule is CC[C@@]1(CCC(=O)OC)CCCN(C#N)CCc2c([nH]c3ccccc23)[C@@H]1OC. The summed E-state index contributed by atoms with van der Waals surface area (Å²) in [6, 6.07) is 8.28. The number of aromatic nitrogens is 1. The van der Waals surface area contributed by atoms with Gasteiger partial charge >= 0.3 is 5.97 Å². The minimum Gasteiger partial charge on any atom is -0.469 e. The number of nitrogens with one attached hydrogen (secondary N) is 1. The van der Waals surface area contributed by atoms with Crippen molar-refractivity contribution < 1.29 is 14.3 Å². The number of carbonyl (C=O) groups is 1. The van der Waals surface area contributed by atoms with Crippen molar-refractivity contribution in [2.24, 2.45) is 5.41 Å². The highest BCUT2D eigenvalue weighted by Gasteiger charge is 2.41. The molecular weight excluding hydrogens is 366 g/mol. The Morgan fingerprint density at radius 3 is 2.83 bits per heavy atom. The van der Waals surface area contributed by atoms with Gasteiger partial charge in [-0.3, -0.25) is 4.79 Å². The van der Waals surface area contributed by atoms with Gasteiger partial charge in [-0.15, -0.1) is 0 Å². The number of esters is 1. The topological polar surface area (TPSA) is 78.4 Å². The summed E-state index contributed by atoms with van der Waals surface area (Å²) in [5, 5.41) is 10.7. The second-order valence-corrected chi connectivity index (χ2v) is 7.91. The lowest BCUT2D eigenvalue weighted by Gasteiger charge is -2.40. The number of rotatable bonds is 5. The van der Waals surface area contributed by atoms with Gasteiger partial charge in [-0.1, -0.05) is 25.1 Å². The number of hydrogen-bond donors (Lipinski definition) is 1. The number of carbonyl (C=O) groups excluding carboxylic acids is 1. The molecule has 2 heterocycles. The summed E-state index contributed by atoms with van der Waals surface area (Å²) in [5.41, 5.74) is 3.17. The molecule has 6 heteroatoms. The molecule has 0 saturated heterocycles. The maximum Gasteiger partial charge on any atom is 0.305 e. The second-order valence-electron chi connectivity index (χ2n) is 7.91. The molecule has 1 aromatic carbocycles. The van der Waals surface area contributed by atoms with E-state index in [-0.39, 0.29) is 17.5 Å². The summed E-state index contributed by atoms with van der Waals surface area (Å²) in [5.74, 6) is -0.194. The molecule has 29 heavy (non-hydrogen) atoms. The molecule has 0 radical (unpaired) electrons. The van der Waals surface area contributed by atoms with Gasteiger partial charge in [-0.2, -0.15) is 5.26 Å². The summed E-state index contributed by atoms with van der Waals surface area (Å²) in [4.78, 5) is 17.4. The minimum absolute atomic E-state index is 0.145. The van der Waals surface area contributed by atoms with Crippen LogP contribution in [0.2, 0.25) is 0 Å². The van der Waals surface area contributed by atoms with E-state index in [0.29, 0.717) is 19.4 Å². The first-order valence-electron chi connectivity index (χ1n) is 10.4. The van der Waals surface area contributed by atoms with E-state index < -0.39 is 0 Å². The van der Waals surface area contributed by atoms with Crippen molar-refractivity contribution in [2.75, 3.05) is 27.3 Å². The number of para-hydroxylation sites is 1. The van der Waals surface area contributed by atoms with Crippen LogP contribution in [0.5, 0.6) is 0 Å². The van der Waals surface area contributed by atoms with Crippen LogP contribution in [0.25, 0.3) is 10.9 Å². The first kappa shape index (κ1) is 21.2. The molecule has 156 valence electrons. The van der Waals surface area contributed by atoms with Crippen LogP contribution in [-0.4, -0.2) is 43.2 Å². The molecule has 0 aliphatic carbocycles. The molecule has 0 amide bonds. The van der Waals surface area contributed by atoms with Gasteiger partial charge < -0.3 is 19.4 Å². The Kier molecular flexibility index (Phi) is 6.81. The summed E-state index contributed by atoms with van der Waals surface area (Å²) in [7, 11) is 3.19. The average Bonchev–Trinajstić information content (AvgIpc) is 3.12. The molecule has 0 fully saturated rings. The number of fused-ring (bicyclic) bond motifs is 3. The number of methoxy groups -OCH3 is 2. The first-order chi connectivity index (χ1) is 14.1. The van der Waals surface area contributed by atoms with Gasteiger partial charge in [0, 0.05) is 48.6 Å². The van der Waals surface area contributed by atoms with Crippen LogP contribution >= 0.6 is 0 Å². The predicted molar refractivity (Wildman–Crippen MR) is 112 cm³/mol. The number of aromatic amines is 1. The lowest BCUT2D eigenvalue weighted by molar-refractivity contribution is -0.142. The summed E-state index contributed by atoms with van der Waals surface area (Å²) >= 11 is 0. The third-order valence-corrected chi connectivity index (χ3v) is 6.54. The fourth-order valence-corrected chi connectivity index (χ4v) is 4.85. The van der Waals surface area contributed by atoms with Gasteiger partial charge in [0.05, 0.1) is 7.11 Å². The second kappa shape index (κ2) is 9.32. The predicted octanol–water partition coefficient (Wildman–Crippen LogP) is 4.32. The van der Waals surface area contributed by atoms with Crippen LogP contribution < -0.4 is 0 Å². The van der Waals surface area contributed by atoms with E-state index in [1.165, 1.54) is 18.1 Å². The zero-order valence-electron chi connectivity index (χ0n) is 17.7. The van der Waals surface area contributed by atoms with E-state index in [1.807, 2.05) is 17.0 Å². The molecule has 1 aromatic heterocycles. The third kappa shape index (κ3) is 4.25. The maximum absolute atomic E-state index is 11.9. The van der Waals surface area contributed by atoms with E-state index in [9.17, 15) is 10.1 Å². The smallest absolute Gasteiger partial charge is 0.305 e. The lowest BCUT2D eigenvalue weighted by Crippen LogP contribution is -2.34. The van der Waals surface area contributed by atoms with Gasteiger partial charge in [0.15, 0.2) is 6.19 Å². The highest BCUT2D eigenvalue weighted by atomic mass is 16.5. The molecule has 0 bridgehead atoms. The highest BCUT2D eigenvalue weighted by molar-refractivity contribution is 5.85. The van der Waals surface area contributed by atoms with Crippen molar-refractivity contribution in [2.45, 2.75) is 51.6 Å². The monoisotopic (exact) mass is 397 g/mol. The Morgan fingerprint density at radius 2 is 2.14 bits per heavy atom. The van der Waals surface area contributed by atoms with Crippen LogP contribution in [0.3, 0.4) is 0 Å². The van der Waals surface area contributed by atoms with E-state index in [1.54, 1.807) is 7.11 Å². The number of H-pyrrole nitrogens is 1.